The molecule has 1 aliphatic carbocycles. The fraction of sp³-hybridized carbons (Fsp3) is 0.633. The number of rotatable bonds is 5. The zero-order valence-electron chi connectivity index (χ0n) is 24.0. The third-order valence-electron chi connectivity index (χ3n) is 9.35. The normalized spacial score (nSPS) is 22.7. The van der Waals surface area contributed by atoms with Gasteiger partial charge in [0.15, 0.2) is 0 Å². The number of amides is 3. The Kier molecular flexibility index (Phi) is 9.08. The Morgan fingerprint density at radius 3 is 2.21 bits per heavy atom. The Morgan fingerprint density at radius 2 is 1.55 bits per heavy atom. The first-order valence-electron chi connectivity index (χ1n) is 15.0. The molecule has 1 aromatic heterocycles. The first-order chi connectivity index (χ1) is 19.7. The molecule has 3 saturated heterocycles. The van der Waals surface area contributed by atoms with Gasteiger partial charge in [0.1, 0.15) is 0 Å². The lowest BCUT2D eigenvalue weighted by Crippen LogP contribution is -2.50. The van der Waals surface area contributed by atoms with E-state index in [1.165, 1.54) is 12.1 Å². The van der Waals surface area contributed by atoms with Gasteiger partial charge in [-0.05, 0) is 76.7 Å². The number of hydrogen-bond acceptors (Lipinski definition) is 4. The summed E-state index contributed by atoms with van der Waals surface area (Å²) in [7, 11) is 2.10. The Morgan fingerprint density at radius 1 is 0.881 bits per heavy atom. The molecule has 42 heavy (non-hydrogen) atoms. The van der Waals surface area contributed by atoms with Gasteiger partial charge in [-0.3, -0.25) is 9.48 Å². The number of carbonyl (C=O) groups is 2. The van der Waals surface area contributed by atoms with Crippen molar-refractivity contribution in [2.75, 3.05) is 46.3 Å². The molecule has 1 aromatic carbocycles. The number of likely N-dealkylation sites (tertiary alicyclic amines) is 3. The summed E-state index contributed by atoms with van der Waals surface area (Å²) in [5.41, 5.74) is 1.19. The fourth-order valence-electron chi connectivity index (χ4n) is 6.80. The van der Waals surface area contributed by atoms with Crippen molar-refractivity contribution in [3.05, 3.63) is 52.8 Å². The lowest BCUT2D eigenvalue weighted by atomic mass is 9.93. The highest BCUT2D eigenvalue weighted by Crippen LogP contribution is 2.44. The molecular weight excluding hydrogens is 569 g/mol. The summed E-state index contributed by atoms with van der Waals surface area (Å²) >= 11 is 0. The second-order valence-electron chi connectivity index (χ2n) is 12.2. The predicted molar refractivity (Wildman–Crippen MR) is 155 cm³/mol. The highest BCUT2D eigenvalue weighted by atomic mass is 35.5. The van der Waals surface area contributed by atoms with Crippen molar-refractivity contribution in [3.63, 3.8) is 0 Å². The number of nitrogens with zero attached hydrogens (tertiary/aromatic N) is 5. The number of alkyl halides is 3. The number of hydrogen-bond donors (Lipinski definition) is 1. The first kappa shape index (κ1) is 30.7. The van der Waals surface area contributed by atoms with Gasteiger partial charge in [-0.25, -0.2) is 4.79 Å². The van der Waals surface area contributed by atoms with Gasteiger partial charge in [-0.2, -0.15) is 18.3 Å². The zero-order chi connectivity index (χ0) is 28.7. The van der Waals surface area contributed by atoms with Gasteiger partial charge < -0.3 is 20.0 Å². The van der Waals surface area contributed by atoms with Crippen LogP contribution in [0.5, 0.6) is 0 Å². The number of halogens is 4. The summed E-state index contributed by atoms with van der Waals surface area (Å²) in [6, 6.07) is 6.05. The van der Waals surface area contributed by atoms with Crippen molar-refractivity contribution in [2.24, 2.45) is 0 Å². The molecule has 3 aliphatic heterocycles. The van der Waals surface area contributed by atoms with E-state index in [1.54, 1.807) is 17.2 Å². The molecule has 4 aliphatic rings. The van der Waals surface area contributed by atoms with Crippen molar-refractivity contribution in [1.29, 1.82) is 0 Å². The van der Waals surface area contributed by atoms with Crippen LogP contribution in [-0.2, 0) is 6.18 Å². The summed E-state index contributed by atoms with van der Waals surface area (Å²) in [6.07, 6.45) is 3.25. The average molecular weight is 609 g/mol. The van der Waals surface area contributed by atoms with Gasteiger partial charge in [-0.15, -0.1) is 12.4 Å². The Balaban J connectivity index is 0.00000353. The average Bonchev–Trinajstić information content (AvgIpc) is 3.51. The van der Waals surface area contributed by atoms with Gasteiger partial charge >= 0.3 is 12.2 Å². The van der Waals surface area contributed by atoms with E-state index in [0.717, 1.165) is 63.4 Å². The van der Waals surface area contributed by atoms with Crippen LogP contribution in [0.25, 0.3) is 0 Å². The maximum absolute atomic E-state index is 13.7. The molecule has 0 unspecified atom stereocenters. The quantitative estimate of drug-likeness (QED) is 0.502. The summed E-state index contributed by atoms with van der Waals surface area (Å²) in [5.74, 6) is -0.201. The second-order valence-corrected chi connectivity index (χ2v) is 12.2. The summed E-state index contributed by atoms with van der Waals surface area (Å²) in [4.78, 5) is 32.4. The van der Waals surface area contributed by atoms with Crippen molar-refractivity contribution in [1.82, 2.24) is 29.8 Å². The molecule has 6 rings (SSSR count). The maximum atomic E-state index is 13.7. The lowest BCUT2D eigenvalue weighted by Gasteiger charge is -2.35. The highest BCUT2D eigenvalue weighted by Gasteiger charge is 2.40. The summed E-state index contributed by atoms with van der Waals surface area (Å²) < 4.78 is 42.9. The topological polar surface area (TPSA) is 73.7 Å². The number of carbonyl (C=O) groups excluding carboxylic acids is 2. The van der Waals surface area contributed by atoms with E-state index < -0.39 is 11.7 Å². The van der Waals surface area contributed by atoms with E-state index in [2.05, 4.69) is 22.4 Å². The first-order valence-corrected chi connectivity index (χ1v) is 15.0. The lowest BCUT2D eigenvalue weighted by molar-refractivity contribution is -0.138. The van der Waals surface area contributed by atoms with Crippen LogP contribution < -0.4 is 5.32 Å². The third kappa shape index (κ3) is 6.41. The molecule has 2 aromatic rings. The van der Waals surface area contributed by atoms with Crippen LogP contribution in [0.4, 0.5) is 18.0 Å². The van der Waals surface area contributed by atoms with Gasteiger partial charge in [0.05, 0.1) is 29.1 Å². The summed E-state index contributed by atoms with van der Waals surface area (Å²) in [6.45, 7) is 3.97. The predicted octanol–water partition coefficient (Wildman–Crippen LogP) is 5.27. The van der Waals surface area contributed by atoms with E-state index >= 15 is 0 Å². The Bertz CT molecular complexity index is 1270. The molecule has 1 saturated carbocycles. The maximum Gasteiger partial charge on any atom is 0.416 e. The zero-order valence-corrected chi connectivity index (χ0v) is 24.8. The molecular formula is C30H40ClF3N6O2. The Hall–Kier alpha value is -2.79. The monoisotopic (exact) mass is 608 g/mol. The van der Waals surface area contributed by atoms with Crippen molar-refractivity contribution < 1.29 is 22.8 Å². The number of urea groups is 1. The minimum Gasteiger partial charge on any atom is -0.338 e. The Labute approximate surface area is 251 Å². The van der Waals surface area contributed by atoms with Crippen LogP contribution in [0.3, 0.4) is 0 Å². The fourth-order valence-corrected chi connectivity index (χ4v) is 6.80. The molecule has 0 radical (unpaired) electrons. The van der Waals surface area contributed by atoms with Crippen LogP contribution in [0.1, 0.15) is 90.0 Å². The summed E-state index contributed by atoms with van der Waals surface area (Å²) in [5, 5.41) is 7.89. The molecule has 4 fully saturated rings. The third-order valence-corrected chi connectivity index (χ3v) is 9.35. The SMILES string of the molecule is CN1CCC(NC(=O)N2CCC(n3ncc(C(=O)N4CC[C@@H](c5ccccc5C(F)(F)F)C4)c3C3CC3)CC2)CC1.Cl. The minimum atomic E-state index is -4.42. The highest BCUT2D eigenvalue weighted by molar-refractivity contribution is 5.95. The number of aromatic nitrogens is 2. The molecule has 1 atom stereocenters. The molecule has 0 bridgehead atoms. The number of nitrogens with one attached hydrogen (secondary N) is 1. The van der Waals surface area contributed by atoms with Crippen molar-refractivity contribution in [2.45, 2.75) is 75.0 Å². The van der Waals surface area contributed by atoms with Crippen LogP contribution in [-0.4, -0.2) is 88.8 Å². The standard InChI is InChI=1S/C30H39F3N6O2.ClH/c1-36-13-9-22(10-14-36)35-29(41)37-16-11-23(12-17-37)39-27(20-6-7-20)25(18-34-39)28(40)38-15-8-21(19-38)24-4-2-3-5-26(24)30(31,32)33;/h2-5,18,20-23H,6-17,19H2,1H3,(H,35,41);1H/t21-;/m1./s1. The number of benzene rings is 1. The van der Waals surface area contributed by atoms with E-state index in [0.29, 0.717) is 31.6 Å². The van der Waals surface area contributed by atoms with Gasteiger partial charge in [0, 0.05) is 44.1 Å². The van der Waals surface area contributed by atoms with E-state index in [1.807, 2.05) is 9.58 Å². The van der Waals surface area contributed by atoms with Crippen LogP contribution in [0.2, 0.25) is 0 Å². The second kappa shape index (κ2) is 12.4. The molecule has 8 nitrogen and oxygen atoms in total. The molecule has 4 heterocycles. The van der Waals surface area contributed by atoms with Crippen molar-refractivity contribution in [3.8, 4) is 0 Å². The number of piperidine rings is 2. The smallest absolute Gasteiger partial charge is 0.338 e. The van der Waals surface area contributed by atoms with E-state index in [4.69, 9.17) is 0 Å². The molecule has 3 amide bonds. The molecule has 230 valence electrons. The van der Waals surface area contributed by atoms with Crippen LogP contribution in [0.15, 0.2) is 30.5 Å². The van der Waals surface area contributed by atoms with E-state index in [-0.39, 0.29) is 60.4 Å². The van der Waals surface area contributed by atoms with Crippen LogP contribution in [0, 0.1) is 0 Å². The van der Waals surface area contributed by atoms with E-state index in [9.17, 15) is 22.8 Å². The van der Waals surface area contributed by atoms with Gasteiger partial charge in [0.25, 0.3) is 5.91 Å². The van der Waals surface area contributed by atoms with Crippen LogP contribution >= 0.6 is 12.4 Å². The molecule has 1 N–H and O–H groups in total. The minimum absolute atomic E-state index is 0. The van der Waals surface area contributed by atoms with Gasteiger partial charge in [-0.1, -0.05) is 18.2 Å². The molecule has 12 heteroatoms. The largest absolute Gasteiger partial charge is 0.416 e. The van der Waals surface area contributed by atoms with Crippen molar-refractivity contribution >= 4 is 24.3 Å². The molecule has 0 spiro atoms. The van der Waals surface area contributed by atoms with Gasteiger partial charge in [0.2, 0.25) is 0 Å².